The molecule has 0 aliphatic rings. The summed E-state index contributed by atoms with van der Waals surface area (Å²) in [5, 5.41) is 14.2. The highest BCUT2D eigenvalue weighted by Crippen LogP contribution is 2.24. The third-order valence-electron chi connectivity index (χ3n) is 4.66. The van der Waals surface area contributed by atoms with Crippen molar-refractivity contribution in [1.82, 2.24) is 4.98 Å². The number of ether oxygens (including phenoxy) is 1. The third kappa shape index (κ3) is 6.89. The highest BCUT2D eigenvalue weighted by molar-refractivity contribution is 7.15. The number of unbranched alkanes of at least 4 members (excludes halogenated alkanes) is 3. The molecule has 8 heteroatoms. The maximum Gasteiger partial charge on any atom is 0.269 e. The number of nitro benzene ring substituents is 1. The Kier molecular flexibility index (Phi) is 8.12. The number of carbonyl (C=O) groups excluding carboxylic acids is 1. The number of amides is 1. The Balaban J connectivity index is 1.52. The van der Waals surface area contributed by atoms with E-state index in [1.807, 2.05) is 6.07 Å². The molecule has 0 aliphatic carbocycles. The van der Waals surface area contributed by atoms with E-state index in [9.17, 15) is 14.9 Å². The van der Waals surface area contributed by atoms with Gasteiger partial charge in [-0.2, -0.15) is 0 Å². The number of aromatic nitrogens is 1. The second kappa shape index (κ2) is 11.2. The number of nitro groups is 1. The molecule has 1 aromatic heterocycles. The van der Waals surface area contributed by atoms with Crippen molar-refractivity contribution < 1.29 is 14.5 Å². The molecule has 0 radical (unpaired) electrons. The van der Waals surface area contributed by atoms with Gasteiger partial charge in [0.2, 0.25) is 0 Å². The summed E-state index contributed by atoms with van der Waals surface area (Å²) in [7, 11) is 0. The second-order valence-electron chi connectivity index (χ2n) is 7.12. The molecule has 7 nitrogen and oxygen atoms in total. The normalized spacial score (nSPS) is 10.6. The summed E-state index contributed by atoms with van der Waals surface area (Å²) in [5.74, 6) is 0.507. The molecule has 0 atom stereocenters. The van der Waals surface area contributed by atoms with Crippen molar-refractivity contribution in [1.29, 1.82) is 0 Å². The Bertz CT molecular complexity index is 1020. The van der Waals surface area contributed by atoms with Gasteiger partial charge in [0.15, 0.2) is 5.13 Å². The summed E-state index contributed by atoms with van der Waals surface area (Å²) in [5.41, 5.74) is 1.40. The van der Waals surface area contributed by atoms with Gasteiger partial charge in [-0.25, -0.2) is 4.98 Å². The molecule has 0 aliphatic heterocycles. The smallest absolute Gasteiger partial charge is 0.269 e. The molecule has 1 N–H and O–H groups in total. The van der Waals surface area contributed by atoms with E-state index < -0.39 is 4.92 Å². The number of thiazole rings is 1. The minimum absolute atomic E-state index is 0.0592. The van der Waals surface area contributed by atoms with E-state index in [1.54, 1.807) is 42.6 Å². The molecule has 31 heavy (non-hydrogen) atoms. The molecule has 1 heterocycles. The number of non-ortho nitro benzene ring substituents is 1. The first-order valence-corrected chi connectivity index (χ1v) is 11.1. The standard InChI is InChI=1S/C23H25N3O4S/c1-2-3-4-5-13-30-20-11-9-18(10-12-20)22(27)25-23-24-16-21(31-23)15-17-7-6-8-19(14-17)26(28)29/h6-12,14,16H,2-5,13,15H2,1H3,(H,24,25,27). The van der Waals surface area contributed by atoms with Crippen molar-refractivity contribution in [3.05, 3.63) is 80.8 Å². The number of nitrogens with zero attached hydrogens (tertiary/aromatic N) is 2. The minimum atomic E-state index is -0.412. The van der Waals surface area contributed by atoms with Gasteiger partial charge in [0.25, 0.3) is 11.6 Å². The van der Waals surface area contributed by atoms with Crippen LogP contribution in [0.15, 0.2) is 54.7 Å². The fraction of sp³-hybridized carbons (Fsp3) is 0.304. The van der Waals surface area contributed by atoms with Crippen LogP contribution in [0.25, 0.3) is 0 Å². The minimum Gasteiger partial charge on any atom is -0.494 e. The predicted molar refractivity (Wildman–Crippen MR) is 122 cm³/mol. The Morgan fingerprint density at radius 3 is 2.71 bits per heavy atom. The third-order valence-corrected chi connectivity index (χ3v) is 5.57. The van der Waals surface area contributed by atoms with Crippen LogP contribution < -0.4 is 10.1 Å². The lowest BCUT2D eigenvalue weighted by molar-refractivity contribution is -0.384. The van der Waals surface area contributed by atoms with Crippen LogP contribution in [0.5, 0.6) is 5.75 Å². The molecule has 1 amide bonds. The molecular formula is C23H25N3O4S. The average Bonchev–Trinajstić information content (AvgIpc) is 3.20. The summed E-state index contributed by atoms with van der Waals surface area (Å²) in [6, 6.07) is 13.6. The van der Waals surface area contributed by atoms with E-state index in [2.05, 4.69) is 17.2 Å². The van der Waals surface area contributed by atoms with Crippen LogP contribution in [0.1, 0.15) is 53.4 Å². The number of nitrogens with one attached hydrogen (secondary N) is 1. The molecular weight excluding hydrogens is 414 g/mol. The number of rotatable bonds is 11. The zero-order valence-electron chi connectivity index (χ0n) is 17.4. The van der Waals surface area contributed by atoms with E-state index in [1.165, 1.54) is 30.2 Å². The van der Waals surface area contributed by atoms with Crippen LogP contribution >= 0.6 is 11.3 Å². The lowest BCUT2D eigenvalue weighted by atomic mass is 10.1. The van der Waals surface area contributed by atoms with Gasteiger partial charge < -0.3 is 4.74 Å². The van der Waals surface area contributed by atoms with Gasteiger partial charge in [0.1, 0.15) is 5.75 Å². The molecule has 0 unspecified atom stereocenters. The monoisotopic (exact) mass is 439 g/mol. The van der Waals surface area contributed by atoms with Crippen LogP contribution in [0.2, 0.25) is 0 Å². The Morgan fingerprint density at radius 1 is 1.16 bits per heavy atom. The van der Waals surface area contributed by atoms with Crippen molar-refractivity contribution in [2.75, 3.05) is 11.9 Å². The van der Waals surface area contributed by atoms with Crippen LogP contribution in [0.4, 0.5) is 10.8 Å². The molecule has 0 bridgehead atoms. The van der Waals surface area contributed by atoms with Gasteiger partial charge in [0, 0.05) is 35.2 Å². The molecule has 2 aromatic carbocycles. The van der Waals surface area contributed by atoms with Gasteiger partial charge in [-0.1, -0.05) is 38.3 Å². The largest absolute Gasteiger partial charge is 0.494 e. The number of benzene rings is 2. The zero-order chi connectivity index (χ0) is 22.1. The maximum absolute atomic E-state index is 12.5. The first-order valence-electron chi connectivity index (χ1n) is 10.3. The van der Waals surface area contributed by atoms with E-state index in [0.717, 1.165) is 29.0 Å². The number of anilines is 1. The summed E-state index contributed by atoms with van der Waals surface area (Å²) < 4.78 is 5.70. The average molecular weight is 440 g/mol. The van der Waals surface area contributed by atoms with E-state index >= 15 is 0 Å². The van der Waals surface area contributed by atoms with Gasteiger partial charge in [-0.15, -0.1) is 11.3 Å². The molecule has 0 spiro atoms. The van der Waals surface area contributed by atoms with Crippen LogP contribution in [0, 0.1) is 10.1 Å². The van der Waals surface area contributed by atoms with Gasteiger partial charge in [0.05, 0.1) is 11.5 Å². The first kappa shape index (κ1) is 22.4. The highest BCUT2D eigenvalue weighted by Gasteiger charge is 2.11. The van der Waals surface area contributed by atoms with Crippen molar-refractivity contribution in [2.45, 2.75) is 39.0 Å². The van der Waals surface area contributed by atoms with Crippen LogP contribution in [0.3, 0.4) is 0 Å². The number of hydrogen-bond acceptors (Lipinski definition) is 6. The quantitative estimate of drug-likeness (QED) is 0.230. The topological polar surface area (TPSA) is 94.4 Å². The van der Waals surface area contributed by atoms with Crippen molar-refractivity contribution >= 4 is 28.1 Å². The fourth-order valence-corrected chi connectivity index (χ4v) is 3.86. The molecule has 3 aromatic rings. The summed E-state index contributed by atoms with van der Waals surface area (Å²) >= 11 is 1.35. The molecule has 0 saturated heterocycles. The molecule has 0 fully saturated rings. The Labute approximate surface area is 185 Å². The SMILES string of the molecule is CCCCCCOc1ccc(C(=O)Nc2ncc(Cc3cccc([N+](=O)[O-])c3)s2)cc1. The lowest BCUT2D eigenvalue weighted by Gasteiger charge is -2.07. The fourth-order valence-electron chi connectivity index (χ4n) is 3.02. The van der Waals surface area contributed by atoms with Crippen molar-refractivity contribution in [2.24, 2.45) is 0 Å². The lowest BCUT2D eigenvalue weighted by Crippen LogP contribution is -2.11. The zero-order valence-corrected chi connectivity index (χ0v) is 18.2. The summed E-state index contributed by atoms with van der Waals surface area (Å²) in [6.45, 7) is 2.85. The van der Waals surface area contributed by atoms with Crippen molar-refractivity contribution in [3.8, 4) is 5.75 Å². The number of hydrogen-bond donors (Lipinski definition) is 1. The molecule has 0 saturated carbocycles. The van der Waals surface area contributed by atoms with Gasteiger partial charge in [-0.3, -0.25) is 20.2 Å². The van der Waals surface area contributed by atoms with Crippen molar-refractivity contribution in [3.63, 3.8) is 0 Å². The van der Waals surface area contributed by atoms with E-state index in [0.29, 0.717) is 23.7 Å². The molecule has 3 rings (SSSR count). The first-order chi connectivity index (χ1) is 15.0. The van der Waals surface area contributed by atoms with Gasteiger partial charge >= 0.3 is 0 Å². The van der Waals surface area contributed by atoms with E-state index in [4.69, 9.17) is 4.74 Å². The van der Waals surface area contributed by atoms with E-state index in [-0.39, 0.29) is 11.6 Å². The maximum atomic E-state index is 12.5. The Morgan fingerprint density at radius 2 is 1.97 bits per heavy atom. The summed E-state index contributed by atoms with van der Waals surface area (Å²) in [4.78, 5) is 28.1. The second-order valence-corrected chi connectivity index (χ2v) is 8.24. The van der Waals surface area contributed by atoms with Crippen LogP contribution in [-0.4, -0.2) is 22.4 Å². The van der Waals surface area contributed by atoms with Gasteiger partial charge in [-0.05, 0) is 36.2 Å². The number of carbonyl (C=O) groups is 1. The Hall–Kier alpha value is -3.26. The summed E-state index contributed by atoms with van der Waals surface area (Å²) in [6.07, 6.45) is 6.78. The highest BCUT2D eigenvalue weighted by atomic mass is 32.1. The molecule has 162 valence electrons. The van der Waals surface area contributed by atoms with Crippen LogP contribution in [-0.2, 0) is 6.42 Å². The predicted octanol–water partition coefficient (Wildman–Crippen LogP) is 5.85.